The topological polar surface area (TPSA) is 22.1 Å². The predicted octanol–water partition coefficient (Wildman–Crippen LogP) is 4.80. The first-order valence-electron chi connectivity index (χ1n) is 7.39. The van der Waals surface area contributed by atoms with Crippen molar-refractivity contribution < 1.29 is 9.13 Å². The van der Waals surface area contributed by atoms with Crippen molar-refractivity contribution in [1.82, 2.24) is 4.98 Å². The zero-order valence-electron chi connectivity index (χ0n) is 12.2. The van der Waals surface area contributed by atoms with Gasteiger partial charge in [-0.25, -0.2) is 4.39 Å². The summed E-state index contributed by atoms with van der Waals surface area (Å²) in [5.41, 5.74) is 1.59. The van der Waals surface area contributed by atoms with Crippen LogP contribution in [0.3, 0.4) is 0 Å². The molecule has 2 nitrogen and oxygen atoms in total. The van der Waals surface area contributed by atoms with Crippen molar-refractivity contribution in [3.05, 3.63) is 23.5 Å². The Labute approximate surface area is 115 Å². The number of hydrogen-bond donors (Lipinski definition) is 0. The Hall–Kier alpha value is -1.12. The number of halogens is 1. The summed E-state index contributed by atoms with van der Waals surface area (Å²) < 4.78 is 19.9. The van der Waals surface area contributed by atoms with Crippen molar-refractivity contribution in [2.75, 3.05) is 6.61 Å². The molecule has 0 spiro atoms. The molecule has 1 aromatic heterocycles. The Kier molecular flexibility index (Phi) is 4.78. The van der Waals surface area contributed by atoms with Crippen LogP contribution in [0.2, 0.25) is 0 Å². The molecule has 2 rings (SSSR count). The number of rotatable bonds is 5. The van der Waals surface area contributed by atoms with E-state index in [2.05, 4.69) is 25.8 Å². The van der Waals surface area contributed by atoms with E-state index in [1.54, 1.807) is 6.20 Å². The maximum absolute atomic E-state index is 13.9. The molecular weight excluding hydrogens is 241 g/mol. The highest BCUT2D eigenvalue weighted by Gasteiger charge is 2.28. The second-order valence-corrected chi connectivity index (χ2v) is 5.76. The van der Waals surface area contributed by atoms with Crippen LogP contribution in [0.15, 0.2) is 12.3 Å². The molecule has 19 heavy (non-hydrogen) atoms. The number of fused-ring (bicyclic) bond motifs is 1. The summed E-state index contributed by atoms with van der Waals surface area (Å²) in [7, 11) is 0. The van der Waals surface area contributed by atoms with Gasteiger partial charge in [0.2, 0.25) is 0 Å². The Morgan fingerprint density at radius 1 is 1.47 bits per heavy atom. The molecule has 1 heterocycles. The van der Waals surface area contributed by atoms with Crippen LogP contribution in [0.1, 0.15) is 69.8 Å². The van der Waals surface area contributed by atoms with E-state index in [0.29, 0.717) is 30.6 Å². The summed E-state index contributed by atoms with van der Waals surface area (Å²) in [6.07, 6.45) is 4.53. The fraction of sp³-hybridized carbons (Fsp3) is 0.688. The number of ether oxygens (including phenoxy) is 1. The van der Waals surface area contributed by atoms with Crippen LogP contribution < -0.4 is 4.74 Å². The lowest BCUT2D eigenvalue weighted by molar-refractivity contribution is 0.238. The number of aromatic nitrogens is 1. The molecular formula is C16H24FNO. The van der Waals surface area contributed by atoms with E-state index < -0.39 is 6.17 Å². The first-order chi connectivity index (χ1) is 9.13. The van der Waals surface area contributed by atoms with Gasteiger partial charge in [0, 0.05) is 11.8 Å². The monoisotopic (exact) mass is 265 g/mol. The highest BCUT2D eigenvalue weighted by Crippen LogP contribution is 2.42. The van der Waals surface area contributed by atoms with Crippen LogP contribution in [0.4, 0.5) is 4.39 Å². The highest BCUT2D eigenvalue weighted by atomic mass is 19.1. The summed E-state index contributed by atoms with van der Waals surface area (Å²) in [5.74, 6) is 1.71. The first-order valence-corrected chi connectivity index (χ1v) is 7.39. The van der Waals surface area contributed by atoms with Gasteiger partial charge in [-0.15, -0.1) is 0 Å². The van der Waals surface area contributed by atoms with Gasteiger partial charge >= 0.3 is 0 Å². The lowest BCUT2D eigenvalue weighted by atomic mass is 9.85. The largest absolute Gasteiger partial charge is 0.493 e. The number of nitrogens with zero attached hydrogens (tertiary/aromatic N) is 1. The first kappa shape index (κ1) is 14.3. The minimum Gasteiger partial charge on any atom is -0.493 e. The quantitative estimate of drug-likeness (QED) is 0.762. The van der Waals surface area contributed by atoms with Crippen molar-refractivity contribution in [3.8, 4) is 5.75 Å². The third-order valence-electron chi connectivity index (χ3n) is 3.93. The van der Waals surface area contributed by atoms with Gasteiger partial charge in [0.05, 0.1) is 12.3 Å². The average molecular weight is 265 g/mol. The van der Waals surface area contributed by atoms with Gasteiger partial charge in [-0.05, 0) is 37.2 Å². The van der Waals surface area contributed by atoms with Gasteiger partial charge in [-0.1, -0.05) is 27.2 Å². The normalized spacial score (nSPS) is 23.8. The van der Waals surface area contributed by atoms with E-state index >= 15 is 0 Å². The summed E-state index contributed by atoms with van der Waals surface area (Å²) >= 11 is 0. The Bertz CT molecular complexity index is 421. The Morgan fingerprint density at radius 3 is 3.00 bits per heavy atom. The second-order valence-electron chi connectivity index (χ2n) is 5.76. The molecule has 1 aromatic rings. The summed E-state index contributed by atoms with van der Waals surface area (Å²) in [6, 6.07) is 1.88. The van der Waals surface area contributed by atoms with Gasteiger partial charge in [0.1, 0.15) is 11.9 Å². The van der Waals surface area contributed by atoms with Gasteiger partial charge in [0.25, 0.3) is 0 Å². The van der Waals surface area contributed by atoms with Crippen molar-refractivity contribution in [2.45, 2.75) is 58.5 Å². The van der Waals surface area contributed by atoms with Crippen molar-refractivity contribution in [1.29, 1.82) is 0 Å². The third kappa shape index (κ3) is 3.26. The van der Waals surface area contributed by atoms with E-state index in [1.807, 2.05) is 6.07 Å². The van der Waals surface area contributed by atoms with Crippen molar-refractivity contribution in [2.24, 2.45) is 5.92 Å². The Morgan fingerprint density at radius 2 is 2.26 bits per heavy atom. The molecule has 3 atom stereocenters. The molecule has 106 valence electrons. The molecule has 0 aromatic carbocycles. The molecule has 0 saturated heterocycles. The van der Waals surface area contributed by atoms with E-state index in [1.165, 1.54) is 6.42 Å². The van der Waals surface area contributed by atoms with Gasteiger partial charge in [-0.3, -0.25) is 4.98 Å². The molecule has 0 fully saturated rings. The third-order valence-corrected chi connectivity index (χ3v) is 3.93. The van der Waals surface area contributed by atoms with Gasteiger partial charge in [-0.2, -0.15) is 0 Å². The maximum Gasteiger partial charge on any atom is 0.142 e. The molecule has 0 amide bonds. The van der Waals surface area contributed by atoms with Crippen LogP contribution in [0.5, 0.6) is 5.75 Å². The summed E-state index contributed by atoms with van der Waals surface area (Å²) in [4.78, 5) is 4.22. The molecule has 0 saturated carbocycles. The lowest BCUT2D eigenvalue weighted by Gasteiger charge is -2.26. The van der Waals surface area contributed by atoms with Crippen molar-refractivity contribution in [3.63, 3.8) is 0 Å². The van der Waals surface area contributed by atoms with Crippen LogP contribution >= 0.6 is 0 Å². The Balaban J connectivity index is 2.15. The summed E-state index contributed by atoms with van der Waals surface area (Å²) in [6.45, 7) is 7.21. The molecule has 3 unspecified atom stereocenters. The minimum absolute atomic E-state index is 0.340. The van der Waals surface area contributed by atoms with Crippen LogP contribution in [0, 0.1) is 5.92 Å². The number of hydrogen-bond acceptors (Lipinski definition) is 2. The average Bonchev–Trinajstić information content (AvgIpc) is 2.41. The molecule has 0 radical (unpaired) electrons. The molecule has 3 heteroatoms. The fourth-order valence-electron chi connectivity index (χ4n) is 2.83. The van der Waals surface area contributed by atoms with Crippen LogP contribution in [0.25, 0.3) is 0 Å². The SMILES string of the molecule is CCCC(C)COc1ccnc2c1C(C)CCC2F. The standard InChI is InChI=1S/C16H24FNO/c1-4-5-11(2)10-19-14-8-9-18-16-13(17)7-6-12(3)15(14)16/h8-9,11-13H,4-7,10H2,1-3H3. The van der Waals surface area contributed by atoms with Crippen LogP contribution in [-0.2, 0) is 0 Å². The molecule has 0 aliphatic heterocycles. The van der Waals surface area contributed by atoms with E-state index in [-0.39, 0.29) is 0 Å². The fourth-order valence-corrected chi connectivity index (χ4v) is 2.83. The molecule has 1 aliphatic carbocycles. The van der Waals surface area contributed by atoms with Crippen molar-refractivity contribution >= 4 is 0 Å². The zero-order valence-corrected chi connectivity index (χ0v) is 12.2. The van der Waals surface area contributed by atoms with Gasteiger partial charge in [0.15, 0.2) is 0 Å². The highest BCUT2D eigenvalue weighted by molar-refractivity contribution is 5.41. The lowest BCUT2D eigenvalue weighted by Crippen LogP contribution is -2.16. The number of pyridine rings is 1. The molecule has 0 N–H and O–H groups in total. The predicted molar refractivity (Wildman–Crippen MR) is 75.3 cm³/mol. The smallest absolute Gasteiger partial charge is 0.142 e. The van der Waals surface area contributed by atoms with E-state index in [0.717, 1.165) is 24.2 Å². The zero-order chi connectivity index (χ0) is 13.8. The number of alkyl halides is 1. The van der Waals surface area contributed by atoms with Crippen LogP contribution in [-0.4, -0.2) is 11.6 Å². The van der Waals surface area contributed by atoms with Gasteiger partial charge < -0.3 is 4.74 Å². The van der Waals surface area contributed by atoms with E-state index in [9.17, 15) is 4.39 Å². The molecule has 1 aliphatic rings. The molecule has 0 bridgehead atoms. The maximum atomic E-state index is 13.9. The second kappa shape index (κ2) is 6.36. The summed E-state index contributed by atoms with van der Waals surface area (Å²) in [5, 5.41) is 0. The minimum atomic E-state index is -0.928. The van der Waals surface area contributed by atoms with E-state index in [4.69, 9.17) is 4.74 Å².